The van der Waals surface area contributed by atoms with Gasteiger partial charge in [-0.3, -0.25) is 14.4 Å². The number of hydrogen-bond acceptors (Lipinski definition) is 4. The van der Waals surface area contributed by atoms with E-state index in [1.165, 1.54) is 12.3 Å². The predicted octanol–water partition coefficient (Wildman–Crippen LogP) is 1.23. The van der Waals surface area contributed by atoms with Crippen molar-refractivity contribution < 1.29 is 14.7 Å². The fourth-order valence-corrected chi connectivity index (χ4v) is 3.37. The molecule has 1 aliphatic rings. The number of rotatable bonds is 7. The van der Waals surface area contributed by atoms with Crippen LogP contribution in [-0.4, -0.2) is 52.5 Å². The molecule has 3 N–H and O–H groups in total. The van der Waals surface area contributed by atoms with Crippen molar-refractivity contribution in [3.05, 3.63) is 33.7 Å². The van der Waals surface area contributed by atoms with Crippen molar-refractivity contribution in [3.8, 4) is 0 Å². The number of aliphatic carboxylic acids is 1. The Bertz CT molecular complexity index is 683. The van der Waals surface area contributed by atoms with Gasteiger partial charge in [-0.05, 0) is 31.7 Å². The van der Waals surface area contributed by atoms with E-state index < -0.39 is 5.97 Å². The molecule has 0 aliphatic carbocycles. The number of aryl methyl sites for hydroxylation is 1. The Morgan fingerprint density at radius 2 is 2.12 bits per heavy atom. The van der Waals surface area contributed by atoms with Gasteiger partial charge in [-0.1, -0.05) is 13.8 Å². The number of H-pyrrole nitrogens is 1. The van der Waals surface area contributed by atoms with Crippen LogP contribution in [0.3, 0.4) is 0 Å². The van der Waals surface area contributed by atoms with Crippen LogP contribution >= 0.6 is 0 Å². The van der Waals surface area contributed by atoms with Crippen molar-refractivity contribution in [2.75, 3.05) is 19.6 Å². The number of hydrogen-bond donors (Lipinski definition) is 3. The maximum absolute atomic E-state index is 12.5. The van der Waals surface area contributed by atoms with E-state index >= 15 is 0 Å². The lowest BCUT2D eigenvalue weighted by atomic mass is 9.91. The van der Waals surface area contributed by atoms with Crippen LogP contribution in [0.5, 0.6) is 0 Å². The van der Waals surface area contributed by atoms with Crippen molar-refractivity contribution in [1.82, 2.24) is 15.2 Å². The Labute approximate surface area is 147 Å². The summed E-state index contributed by atoms with van der Waals surface area (Å²) in [7, 11) is 0. The number of aromatic amines is 1. The fourth-order valence-electron chi connectivity index (χ4n) is 3.37. The third-order valence-electron chi connectivity index (χ3n) is 4.78. The molecule has 0 radical (unpaired) electrons. The lowest BCUT2D eigenvalue weighted by molar-refractivity contribution is -0.137. The molecule has 1 aliphatic heterocycles. The van der Waals surface area contributed by atoms with Gasteiger partial charge in [-0.15, -0.1) is 0 Å². The van der Waals surface area contributed by atoms with Gasteiger partial charge in [-0.25, -0.2) is 0 Å². The van der Waals surface area contributed by atoms with Crippen LogP contribution in [0.2, 0.25) is 0 Å². The largest absolute Gasteiger partial charge is 0.481 e. The van der Waals surface area contributed by atoms with E-state index in [-0.39, 0.29) is 35.3 Å². The van der Waals surface area contributed by atoms with Gasteiger partial charge in [0.1, 0.15) is 5.56 Å². The number of carbonyl (C=O) groups is 2. The van der Waals surface area contributed by atoms with E-state index in [9.17, 15) is 14.4 Å². The second-order valence-electron chi connectivity index (χ2n) is 7.14. The van der Waals surface area contributed by atoms with Crippen LogP contribution in [0.15, 0.2) is 17.1 Å². The molecule has 1 fully saturated rings. The second kappa shape index (κ2) is 8.29. The molecule has 0 unspecified atom stereocenters. The molecule has 0 saturated carbocycles. The van der Waals surface area contributed by atoms with Gasteiger partial charge in [0.25, 0.3) is 5.91 Å². The van der Waals surface area contributed by atoms with Crippen LogP contribution in [0.25, 0.3) is 0 Å². The van der Waals surface area contributed by atoms with Gasteiger partial charge in [-0.2, -0.15) is 0 Å². The van der Waals surface area contributed by atoms with E-state index in [0.717, 1.165) is 6.54 Å². The molecule has 1 saturated heterocycles. The highest BCUT2D eigenvalue weighted by Gasteiger charge is 2.35. The van der Waals surface area contributed by atoms with Crippen LogP contribution in [0.4, 0.5) is 0 Å². The average molecular weight is 349 g/mol. The van der Waals surface area contributed by atoms with Crippen LogP contribution in [0, 0.1) is 18.8 Å². The molecular formula is C18H27N3O4. The summed E-state index contributed by atoms with van der Waals surface area (Å²) in [5.74, 6) is -0.489. The molecule has 0 spiro atoms. The first kappa shape index (κ1) is 19.2. The van der Waals surface area contributed by atoms with Gasteiger partial charge in [0.05, 0.1) is 0 Å². The third kappa shape index (κ3) is 5.16. The number of carbonyl (C=O) groups excluding carboxylic acids is 1. The average Bonchev–Trinajstić information content (AvgIpc) is 2.89. The maximum atomic E-state index is 12.5. The summed E-state index contributed by atoms with van der Waals surface area (Å²) >= 11 is 0. The Morgan fingerprint density at radius 3 is 2.72 bits per heavy atom. The van der Waals surface area contributed by atoms with Gasteiger partial charge < -0.3 is 20.3 Å². The summed E-state index contributed by atoms with van der Waals surface area (Å²) in [6, 6.07) is 1.37. The number of aromatic nitrogens is 1. The summed E-state index contributed by atoms with van der Waals surface area (Å²) in [4.78, 5) is 40.2. The van der Waals surface area contributed by atoms with Crippen molar-refractivity contribution >= 4 is 11.9 Å². The van der Waals surface area contributed by atoms with Gasteiger partial charge in [0, 0.05) is 43.5 Å². The quantitative estimate of drug-likeness (QED) is 0.687. The normalized spacial score (nSPS) is 20.8. The number of carboxylic acid groups (broad SMARTS) is 1. The Hall–Kier alpha value is -2.15. The first-order valence-corrected chi connectivity index (χ1v) is 8.72. The molecule has 138 valence electrons. The number of amides is 1. The van der Waals surface area contributed by atoms with Crippen LogP contribution < -0.4 is 10.7 Å². The molecule has 0 aromatic carbocycles. The van der Waals surface area contributed by atoms with Gasteiger partial charge in [0.15, 0.2) is 5.43 Å². The summed E-state index contributed by atoms with van der Waals surface area (Å²) < 4.78 is 0. The highest BCUT2D eigenvalue weighted by atomic mass is 16.4. The zero-order valence-corrected chi connectivity index (χ0v) is 15.0. The first-order valence-electron chi connectivity index (χ1n) is 8.72. The smallest absolute Gasteiger partial charge is 0.303 e. The minimum Gasteiger partial charge on any atom is -0.481 e. The lowest BCUT2D eigenvalue weighted by Crippen LogP contribution is -2.43. The molecule has 25 heavy (non-hydrogen) atoms. The first-order chi connectivity index (χ1) is 11.8. The van der Waals surface area contributed by atoms with E-state index in [1.807, 2.05) is 0 Å². The highest BCUT2D eigenvalue weighted by Crippen LogP contribution is 2.25. The SMILES string of the molecule is Cc1cc(=O)c(C(=O)N[C@H]2CN(CCCC(=O)O)C[C@@H]2C(C)C)c[nH]1. The van der Waals surface area contributed by atoms with Crippen molar-refractivity contribution in [3.63, 3.8) is 0 Å². The number of pyridine rings is 1. The molecular weight excluding hydrogens is 322 g/mol. The molecule has 2 rings (SSSR count). The number of nitrogens with one attached hydrogen (secondary N) is 2. The zero-order valence-electron chi connectivity index (χ0n) is 15.0. The van der Waals surface area contributed by atoms with Crippen molar-refractivity contribution in [2.45, 2.75) is 39.7 Å². The van der Waals surface area contributed by atoms with Crippen LogP contribution in [-0.2, 0) is 4.79 Å². The molecule has 1 aromatic rings. The summed E-state index contributed by atoms with van der Waals surface area (Å²) in [6.45, 7) is 8.20. The molecule has 0 bridgehead atoms. The highest BCUT2D eigenvalue weighted by molar-refractivity contribution is 5.94. The Balaban J connectivity index is 2.01. The molecule has 7 heteroatoms. The van der Waals surface area contributed by atoms with Crippen LogP contribution in [0.1, 0.15) is 42.7 Å². The number of carboxylic acids is 1. The Kier molecular flexibility index (Phi) is 6.36. The summed E-state index contributed by atoms with van der Waals surface area (Å²) in [6.07, 6.45) is 2.20. The van der Waals surface area contributed by atoms with Crippen molar-refractivity contribution in [2.24, 2.45) is 11.8 Å². The van der Waals surface area contributed by atoms with E-state index in [4.69, 9.17) is 5.11 Å². The standard InChI is InChI=1S/C18H27N3O4/c1-11(2)14-9-21(6-4-5-17(23)24)10-15(14)20-18(25)13-8-19-12(3)7-16(13)22/h7-8,11,14-15H,4-6,9-10H2,1-3H3,(H,19,22)(H,20,25)(H,23,24)/t14-,15+/m1/s1. The molecule has 7 nitrogen and oxygen atoms in total. The third-order valence-corrected chi connectivity index (χ3v) is 4.78. The lowest BCUT2D eigenvalue weighted by Gasteiger charge is -2.22. The van der Waals surface area contributed by atoms with Gasteiger partial charge >= 0.3 is 5.97 Å². The molecule has 2 atom stereocenters. The van der Waals surface area contributed by atoms with E-state index in [2.05, 4.69) is 29.0 Å². The predicted molar refractivity (Wildman–Crippen MR) is 94.7 cm³/mol. The number of nitrogens with zero attached hydrogens (tertiary/aromatic N) is 1. The molecule has 2 heterocycles. The topological polar surface area (TPSA) is 102 Å². The fraction of sp³-hybridized carbons (Fsp3) is 0.611. The summed E-state index contributed by atoms with van der Waals surface area (Å²) in [5, 5.41) is 11.8. The van der Waals surface area contributed by atoms with Gasteiger partial charge in [0.2, 0.25) is 0 Å². The maximum Gasteiger partial charge on any atom is 0.303 e. The van der Waals surface area contributed by atoms with Crippen molar-refractivity contribution in [1.29, 1.82) is 0 Å². The minimum absolute atomic E-state index is 0.0435. The Morgan fingerprint density at radius 1 is 1.40 bits per heavy atom. The number of likely N-dealkylation sites (tertiary alicyclic amines) is 1. The van der Waals surface area contributed by atoms with E-state index in [0.29, 0.717) is 31.1 Å². The molecule has 1 aromatic heterocycles. The van der Waals surface area contributed by atoms with E-state index in [1.54, 1.807) is 6.92 Å². The monoisotopic (exact) mass is 349 g/mol. The zero-order chi connectivity index (χ0) is 18.6. The summed E-state index contributed by atoms with van der Waals surface area (Å²) in [5.41, 5.74) is 0.552. The molecule has 1 amide bonds. The second-order valence-corrected chi connectivity index (χ2v) is 7.14. The minimum atomic E-state index is -0.789.